The van der Waals surface area contributed by atoms with E-state index in [1.807, 2.05) is 0 Å². The molecule has 1 aromatic rings. The van der Waals surface area contributed by atoms with Gasteiger partial charge in [0.25, 0.3) is 5.69 Å². The van der Waals surface area contributed by atoms with Crippen molar-refractivity contribution < 1.29 is 22.9 Å². The minimum Gasteiger partial charge on any atom is -0.374 e. The number of carbonyl (C=O) groups excluding carboxylic acids is 1. The summed E-state index contributed by atoms with van der Waals surface area (Å²) >= 11 is 0. The van der Waals surface area contributed by atoms with Crippen molar-refractivity contribution in [1.29, 1.82) is 0 Å². The van der Waals surface area contributed by atoms with Crippen LogP contribution >= 0.6 is 0 Å². The molecule has 0 fully saturated rings. The highest BCUT2D eigenvalue weighted by Gasteiger charge is 2.38. The van der Waals surface area contributed by atoms with Gasteiger partial charge in [0.05, 0.1) is 4.92 Å². The lowest BCUT2D eigenvalue weighted by molar-refractivity contribution is -0.388. The molecule has 0 aromatic heterocycles. The molecule has 9 heteroatoms. The Kier molecular flexibility index (Phi) is 5.12. The smallest absolute Gasteiger partial charge is 0.374 e. The van der Waals surface area contributed by atoms with Gasteiger partial charge in [-0.25, -0.2) is 0 Å². The molecule has 0 spiro atoms. The van der Waals surface area contributed by atoms with E-state index in [0.29, 0.717) is 12.6 Å². The SMILES string of the molecule is CCNC(=O)C(C)Nc1ccc([N+](=O)[O-])c(C(F)(F)F)c1. The van der Waals surface area contributed by atoms with Gasteiger partial charge in [-0.2, -0.15) is 13.2 Å². The maximum atomic E-state index is 12.8. The van der Waals surface area contributed by atoms with Crippen molar-refractivity contribution in [3.8, 4) is 0 Å². The molecule has 6 nitrogen and oxygen atoms in total. The van der Waals surface area contributed by atoms with E-state index >= 15 is 0 Å². The van der Waals surface area contributed by atoms with Crippen LogP contribution < -0.4 is 10.6 Å². The summed E-state index contributed by atoms with van der Waals surface area (Å²) in [5, 5.41) is 15.7. The van der Waals surface area contributed by atoms with Crippen LogP contribution in [0.2, 0.25) is 0 Å². The lowest BCUT2D eigenvalue weighted by Crippen LogP contribution is -2.37. The standard InChI is InChI=1S/C12H14F3N3O3/c1-3-16-11(19)7(2)17-8-4-5-10(18(20)21)9(6-8)12(13,14)15/h4-7,17H,3H2,1-2H3,(H,16,19). The largest absolute Gasteiger partial charge is 0.423 e. The molecule has 0 aliphatic carbocycles. The quantitative estimate of drug-likeness (QED) is 0.647. The molecule has 1 rings (SSSR count). The average Bonchev–Trinajstić information content (AvgIpc) is 2.37. The summed E-state index contributed by atoms with van der Waals surface area (Å²) in [4.78, 5) is 21.0. The first kappa shape index (κ1) is 16.7. The van der Waals surface area contributed by atoms with Crippen LogP contribution in [-0.4, -0.2) is 23.4 Å². The molecular weight excluding hydrogens is 291 g/mol. The van der Waals surface area contributed by atoms with Crippen LogP contribution in [0.5, 0.6) is 0 Å². The zero-order valence-electron chi connectivity index (χ0n) is 11.3. The number of carbonyl (C=O) groups is 1. The number of amides is 1. The maximum absolute atomic E-state index is 12.8. The monoisotopic (exact) mass is 305 g/mol. The minimum absolute atomic E-state index is 0.0216. The van der Waals surface area contributed by atoms with Gasteiger partial charge in [-0.3, -0.25) is 14.9 Å². The van der Waals surface area contributed by atoms with Gasteiger partial charge < -0.3 is 10.6 Å². The van der Waals surface area contributed by atoms with E-state index in [-0.39, 0.29) is 11.6 Å². The molecule has 0 bridgehead atoms. The number of benzene rings is 1. The third-order valence-electron chi connectivity index (χ3n) is 2.63. The Hall–Kier alpha value is -2.32. The lowest BCUT2D eigenvalue weighted by atomic mass is 10.1. The summed E-state index contributed by atoms with van der Waals surface area (Å²) in [7, 11) is 0. The first-order valence-corrected chi connectivity index (χ1v) is 6.06. The molecule has 0 aliphatic rings. The van der Waals surface area contributed by atoms with Gasteiger partial charge in [0.1, 0.15) is 11.6 Å². The number of anilines is 1. The summed E-state index contributed by atoms with van der Waals surface area (Å²) < 4.78 is 38.4. The predicted molar refractivity (Wildman–Crippen MR) is 69.9 cm³/mol. The summed E-state index contributed by atoms with van der Waals surface area (Å²) in [5.41, 5.74) is -2.41. The molecule has 0 saturated carbocycles. The van der Waals surface area contributed by atoms with Gasteiger partial charge in [0.15, 0.2) is 0 Å². The van der Waals surface area contributed by atoms with Gasteiger partial charge in [-0.15, -0.1) is 0 Å². The van der Waals surface area contributed by atoms with Gasteiger partial charge in [0, 0.05) is 18.3 Å². The molecule has 1 unspecified atom stereocenters. The van der Waals surface area contributed by atoms with Crippen molar-refractivity contribution in [1.82, 2.24) is 5.32 Å². The number of rotatable bonds is 5. The highest BCUT2D eigenvalue weighted by molar-refractivity contribution is 5.84. The molecule has 0 radical (unpaired) electrons. The second-order valence-electron chi connectivity index (χ2n) is 4.25. The Bertz CT molecular complexity index is 546. The van der Waals surface area contributed by atoms with E-state index in [4.69, 9.17) is 0 Å². The van der Waals surface area contributed by atoms with Crippen LogP contribution in [0.4, 0.5) is 24.5 Å². The van der Waals surface area contributed by atoms with Gasteiger partial charge >= 0.3 is 6.18 Å². The topological polar surface area (TPSA) is 84.3 Å². The molecule has 116 valence electrons. The Morgan fingerprint density at radius 2 is 2.05 bits per heavy atom. The van der Waals surface area contributed by atoms with Crippen molar-refractivity contribution in [3.63, 3.8) is 0 Å². The van der Waals surface area contributed by atoms with Crippen molar-refractivity contribution in [2.24, 2.45) is 0 Å². The third kappa shape index (κ3) is 4.33. The number of alkyl halides is 3. The van der Waals surface area contributed by atoms with Crippen molar-refractivity contribution in [2.75, 3.05) is 11.9 Å². The summed E-state index contributed by atoms with van der Waals surface area (Å²) in [6, 6.07) is 1.74. The van der Waals surface area contributed by atoms with E-state index in [2.05, 4.69) is 10.6 Å². The van der Waals surface area contributed by atoms with Gasteiger partial charge in [-0.05, 0) is 26.0 Å². The molecule has 1 atom stereocenters. The van der Waals surface area contributed by atoms with E-state index < -0.39 is 28.4 Å². The Balaban J connectivity index is 3.06. The summed E-state index contributed by atoms with van der Waals surface area (Å²) in [6.07, 6.45) is -4.85. The number of hydrogen-bond donors (Lipinski definition) is 2. The van der Waals surface area contributed by atoms with Crippen molar-refractivity contribution in [2.45, 2.75) is 26.1 Å². The normalized spacial score (nSPS) is 12.6. The first-order chi connectivity index (χ1) is 9.66. The Labute approximate surface area is 118 Å². The fraction of sp³-hybridized carbons (Fsp3) is 0.417. The second kappa shape index (κ2) is 6.42. The number of nitro groups is 1. The molecule has 2 N–H and O–H groups in total. The van der Waals surface area contributed by atoms with E-state index in [1.54, 1.807) is 6.92 Å². The summed E-state index contributed by atoms with van der Waals surface area (Å²) in [5.74, 6) is -0.385. The molecular formula is C12H14F3N3O3. The first-order valence-electron chi connectivity index (χ1n) is 6.06. The number of nitrogens with zero attached hydrogens (tertiary/aromatic N) is 1. The number of halogens is 3. The number of nitro benzene ring substituents is 1. The Morgan fingerprint density at radius 3 is 2.52 bits per heavy atom. The highest BCUT2D eigenvalue weighted by Crippen LogP contribution is 2.37. The molecule has 1 amide bonds. The molecule has 0 heterocycles. The lowest BCUT2D eigenvalue weighted by Gasteiger charge is -2.16. The maximum Gasteiger partial charge on any atom is 0.423 e. The Morgan fingerprint density at radius 1 is 1.43 bits per heavy atom. The van der Waals surface area contributed by atoms with Gasteiger partial charge in [0.2, 0.25) is 5.91 Å². The number of nitrogens with one attached hydrogen (secondary N) is 2. The third-order valence-corrected chi connectivity index (χ3v) is 2.63. The zero-order valence-corrected chi connectivity index (χ0v) is 11.3. The second-order valence-corrected chi connectivity index (χ2v) is 4.25. The summed E-state index contributed by atoms with van der Waals surface area (Å²) in [6.45, 7) is 3.57. The fourth-order valence-corrected chi connectivity index (χ4v) is 1.65. The van der Waals surface area contributed by atoms with E-state index in [9.17, 15) is 28.1 Å². The van der Waals surface area contributed by atoms with Crippen LogP contribution in [0.25, 0.3) is 0 Å². The van der Waals surface area contributed by atoms with E-state index in [1.165, 1.54) is 6.92 Å². The van der Waals surface area contributed by atoms with Crippen LogP contribution in [0, 0.1) is 10.1 Å². The molecule has 21 heavy (non-hydrogen) atoms. The molecule has 1 aromatic carbocycles. The van der Waals surface area contributed by atoms with Gasteiger partial charge in [-0.1, -0.05) is 0 Å². The fourth-order valence-electron chi connectivity index (χ4n) is 1.65. The van der Waals surface area contributed by atoms with Crippen LogP contribution in [0.3, 0.4) is 0 Å². The van der Waals surface area contributed by atoms with E-state index in [0.717, 1.165) is 12.1 Å². The molecule has 0 saturated heterocycles. The van der Waals surface area contributed by atoms with Crippen molar-refractivity contribution >= 4 is 17.3 Å². The minimum atomic E-state index is -4.85. The molecule has 0 aliphatic heterocycles. The van der Waals surface area contributed by atoms with Crippen LogP contribution in [-0.2, 0) is 11.0 Å². The average molecular weight is 305 g/mol. The van der Waals surface area contributed by atoms with Crippen LogP contribution in [0.1, 0.15) is 19.4 Å². The van der Waals surface area contributed by atoms with Crippen molar-refractivity contribution in [3.05, 3.63) is 33.9 Å². The zero-order chi connectivity index (χ0) is 16.2. The number of hydrogen-bond acceptors (Lipinski definition) is 4. The highest BCUT2D eigenvalue weighted by atomic mass is 19.4. The predicted octanol–water partition coefficient (Wildman–Crippen LogP) is 2.55. The van der Waals surface area contributed by atoms with Crippen LogP contribution in [0.15, 0.2) is 18.2 Å². The number of likely N-dealkylation sites (N-methyl/N-ethyl adjacent to an activating group) is 1.